The zero-order chi connectivity index (χ0) is 15.5. The van der Waals surface area contributed by atoms with Crippen molar-refractivity contribution in [2.24, 2.45) is 0 Å². The molecule has 1 heterocycles. The SMILES string of the molecule is COC1=CN(c2c(Cl)cccc2Cl)CC=C1OC1CCCC1. The number of methoxy groups -OCH3 is 1. The summed E-state index contributed by atoms with van der Waals surface area (Å²) in [6.07, 6.45) is 8.95. The minimum Gasteiger partial charge on any atom is -0.491 e. The second kappa shape index (κ2) is 6.84. The fraction of sp³-hybridized carbons (Fsp3) is 0.412. The van der Waals surface area contributed by atoms with E-state index in [9.17, 15) is 0 Å². The number of hydrogen-bond acceptors (Lipinski definition) is 3. The van der Waals surface area contributed by atoms with E-state index in [2.05, 4.69) is 0 Å². The Bertz CT molecular complexity index is 586. The fourth-order valence-electron chi connectivity index (χ4n) is 2.90. The Morgan fingerprint density at radius 1 is 1.09 bits per heavy atom. The summed E-state index contributed by atoms with van der Waals surface area (Å²) in [4.78, 5) is 1.98. The molecule has 0 radical (unpaired) electrons. The Balaban J connectivity index is 1.81. The van der Waals surface area contributed by atoms with Crippen molar-refractivity contribution in [3.8, 4) is 0 Å². The van der Waals surface area contributed by atoms with E-state index in [0.717, 1.165) is 24.3 Å². The van der Waals surface area contributed by atoms with Gasteiger partial charge in [0.15, 0.2) is 11.5 Å². The van der Waals surface area contributed by atoms with Crippen LogP contribution in [0.4, 0.5) is 5.69 Å². The molecule has 1 aliphatic heterocycles. The minimum atomic E-state index is 0.306. The van der Waals surface area contributed by atoms with Crippen molar-refractivity contribution in [1.82, 2.24) is 0 Å². The lowest BCUT2D eigenvalue weighted by atomic mass is 10.2. The molecule has 1 fully saturated rings. The van der Waals surface area contributed by atoms with Gasteiger partial charge in [0, 0.05) is 6.54 Å². The molecule has 0 atom stereocenters. The van der Waals surface area contributed by atoms with Gasteiger partial charge in [-0.25, -0.2) is 0 Å². The van der Waals surface area contributed by atoms with Gasteiger partial charge >= 0.3 is 0 Å². The van der Waals surface area contributed by atoms with Gasteiger partial charge in [-0.2, -0.15) is 0 Å². The lowest BCUT2D eigenvalue weighted by Gasteiger charge is -2.28. The van der Waals surface area contributed by atoms with Gasteiger partial charge in [-0.1, -0.05) is 29.3 Å². The Labute approximate surface area is 141 Å². The Morgan fingerprint density at radius 2 is 1.77 bits per heavy atom. The highest BCUT2D eigenvalue weighted by atomic mass is 35.5. The molecule has 0 saturated heterocycles. The van der Waals surface area contributed by atoms with Crippen LogP contribution in [0.1, 0.15) is 25.7 Å². The molecule has 1 aliphatic carbocycles. The first-order valence-electron chi connectivity index (χ1n) is 7.52. The molecule has 3 rings (SSSR count). The molecule has 1 aromatic rings. The van der Waals surface area contributed by atoms with Crippen LogP contribution in [0.5, 0.6) is 0 Å². The number of ether oxygens (including phenoxy) is 2. The van der Waals surface area contributed by atoms with Crippen LogP contribution in [0.2, 0.25) is 10.0 Å². The van der Waals surface area contributed by atoms with E-state index in [1.54, 1.807) is 7.11 Å². The number of halogens is 2. The van der Waals surface area contributed by atoms with E-state index in [1.165, 1.54) is 12.8 Å². The molecule has 0 amide bonds. The third-order valence-corrected chi connectivity index (χ3v) is 4.64. The minimum absolute atomic E-state index is 0.306. The standard InChI is InChI=1S/C17H19Cl2NO2/c1-21-16-11-20(17-13(18)7-4-8-14(17)19)10-9-15(16)22-12-5-2-3-6-12/h4,7-9,11-12H,2-3,5-6,10H2,1H3. The monoisotopic (exact) mass is 339 g/mol. The molecular weight excluding hydrogens is 321 g/mol. The van der Waals surface area contributed by atoms with Crippen LogP contribution in [0.15, 0.2) is 42.0 Å². The van der Waals surface area contributed by atoms with Crippen molar-refractivity contribution < 1.29 is 9.47 Å². The van der Waals surface area contributed by atoms with Gasteiger partial charge in [0.25, 0.3) is 0 Å². The molecule has 1 saturated carbocycles. The summed E-state index contributed by atoms with van der Waals surface area (Å²) >= 11 is 12.6. The van der Waals surface area contributed by atoms with Crippen LogP contribution in [0, 0.1) is 0 Å². The predicted molar refractivity (Wildman–Crippen MR) is 90.3 cm³/mol. The fourth-order valence-corrected chi connectivity index (χ4v) is 3.52. The average molecular weight is 340 g/mol. The second-order valence-corrected chi connectivity index (χ2v) is 6.33. The largest absolute Gasteiger partial charge is 0.491 e. The lowest BCUT2D eigenvalue weighted by Crippen LogP contribution is -2.24. The zero-order valence-electron chi connectivity index (χ0n) is 12.5. The molecule has 0 unspecified atom stereocenters. The highest BCUT2D eigenvalue weighted by molar-refractivity contribution is 6.39. The average Bonchev–Trinajstić information content (AvgIpc) is 3.01. The highest BCUT2D eigenvalue weighted by Crippen LogP contribution is 2.36. The van der Waals surface area contributed by atoms with Crippen molar-refractivity contribution >= 4 is 28.9 Å². The second-order valence-electron chi connectivity index (χ2n) is 5.51. The summed E-state index contributed by atoms with van der Waals surface area (Å²) < 4.78 is 11.6. The molecule has 118 valence electrons. The maximum atomic E-state index is 6.28. The maximum Gasteiger partial charge on any atom is 0.176 e. The van der Waals surface area contributed by atoms with Crippen LogP contribution in [-0.2, 0) is 9.47 Å². The normalized spacial score (nSPS) is 19.0. The molecule has 3 nitrogen and oxygen atoms in total. The lowest BCUT2D eigenvalue weighted by molar-refractivity contribution is 0.104. The van der Waals surface area contributed by atoms with E-state index in [0.29, 0.717) is 28.5 Å². The number of benzene rings is 1. The molecule has 22 heavy (non-hydrogen) atoms. The maximum absolute atomic E-state index is 6.28. The molecular formula is C17H19Cl2NO2. The number of hydrogen-bond donors (Lipinski definition) is 0. The molecule has 1 aromatic carbocycles. The summed E-state index contributed by atoms with van der Waals surface area (Å²) in [7, 11) is 1.65. The third-order valence-electron chi connectivity index (χ3n) is 4.03. The number of nitrogens with zero attached hydrogens (tertiary/aromatic N) is 1. The molecule has 0 spiro atoms. The third kappa shape index (κ3) is 3.21. The Hall–Kier alpha value is -1.32. The number of para-hydroxylation sites is 1. The summed E-state index contributed by atoms with van der Waals surface area (Å²) in [6, 6.07) is 5.50. The first kappa shape index (κ1) is 15.6. The van der Waals surface area contributed by atoms with E-state index in [1.807, 2.05) is 35.4 Å². The van der Waals surface area contributed by atoms with Gasteiger partial charge in [-0.3, -0.25) is 0 Å². The predicted octanol–water partition coefficient (Wildman–Crippen LogP) is 5.14. The van der Waals surface area contributed by atoms with Gasteiger partial charge < -0.3 is 14.4 Å². The van der Waals surface area contributed by atoms with Gasteiger partial charge in [0.2, 0.25) is 0 Å². The molecule has 2 aliphatic rings. The quantitative estimate of drug-likeness (QED) is 0.757. The van der Waals surface area contributed by atoms with Gasteiger partial charge in [-0.15, -0.1) is 0 Å². The molecule has 5 heteroatoms. The molecule has 0 aromatic heterocycles. The van der Waals surface area contributed by atoms with Crippen molar-refractivity contribution in [1.29, 1.82) is 0 Å². The van der Waals surface area contributed by atoms with Crippen LogP contribution in [-0.4, -0.2) is 19.8 Å². The Kier molecular flexibility index (Phi) is 4.84. The van der Waals surface area contributed by atoms with Crippen molar-refractivity contribution in [2.45, 2.75) is 31.8 Å². The highest BCUT2D eigenvalue weighted by Gasteiger charge is 2.24. The van der Waals surface area contributed by atoms with E-state index < -0.39 is 0 Å². The Morgan fingerprint density at radius 3 is 2.41 bits per heavy atom. The van der Waals surface area contributed by atoms with E-state index in [-0.39, 0.29) is 0 Å². The van der Waals surface area contributed by atoms with Crippen LogP contribution in [0.3, 0.4) is 0 Å². The van der Waals surface area contributed by atoms with Gasteiger partial charge in [-0.05, 0) is 43.9 Å². The van der Waals surface area contributed by atoms with Crippen molar-refractivity contribution in [2.75, 3.05) is 18.6 Å². The van der Waals surface area contributed by atoms with Crippen LogP contribution >= 0.6 is 23.2 Å². The van der Waals surface area contributed by atoms with Crippen molar-refractivity contribution in [3.05, 3.63) is 52.0 Å². The summed E-state index contributed by atoms with van der Waals surface area (Å²) in [6.45, 7) is 0.651. The first-order chi connectivity index (χ1) is 10.7. The number of anilines is 1. The number of rotatable bonds is 4. The topological polar surface area (TPSA) is 21.7 Å². The van der Waals surface area contributed by atoms with Crippen LogP contribution < -0.4 is 4.90 Å². The van der Waals surface area contributed by atoms with E-state index in [4.69, 9.17) is 32.7 Å². The molecule has 0 N–H and O–H groups in total. The van der Waals surface area contributed by atoms with Gasteiger partial charge in [0.05, 0.1) is 35.1 Å². The zero-order valence-corrected chi connectivity index (χ0v) is 14.0. The van der Waals surface area contributed by atoms with Crippen LogP contribution in [0.25, 0.3) is 0 Å². The summed E-state index contributed by atoms with van der Waals surface area (Å²) in [5.41, 5.74) is 0.788. The van der Waals surface area contributed by atoms with Crippen molar-refractivity contribution in [3.63, 3.8) is 0 Å². The smallest absolute Gasteiger partial charge is 0.176 e. The van der Waals surface area contributed by atoms with E-state index >= 15 is 0 Å². The van der Waals surface area contributed by atoms with Gasteiger partial charge in [0.1, 0.15) is 0 Å². The first-order valence-corrected chi connectivity index (χ1v) is 8.28. The summed E-state index contributed by atoms with van der Waals surface area (Å²) in [5, 5.41) is 1.24. The summed E-state index contributed by atoms with van der Waals surface area (Å²) in [5.74, 6) is 1.52. The molecule has 0 bridgehead atoms.